The van der Waals surface area contributed by atoms with E-state index in [0.717, 1.165) is 43.1 Å². The van der Waals surface area contributed by atoms with E-state index >= 15 is 0 Å². The number of hydrogen-bond acceptors (Lipinski definition) is 6. The first-order chi connectivity index (χ1) is 11.8. The van der Waals surface area contributed by atoms with Gasteiger partial charge in [0.2, 0.25) is 5.88 Å². The highest BCUT2D eigenvalue weighted by atomic mass is 35.5. The summed E-state index contributed by atoms with van der Waals surface area (Å²) in [7, 11) is 1.61. The van der Waals surface area contributed by atoms with E-state index in [4.69, 9.17) is 16.3 Å². The van der Waals surface area contributed by atoms with Crippen molar-refractivity contribution in [1.82, 2.24) is 24.8 Å². The van der Waals surface area contributed by atoms with Crippen LogP contribution in [-0.4, -0.2) is 45.0 Å². The van der Waals surface area contributed by atoms with Gasteiger partial charge in [0.25, 0.3) is 0 Å². The normalized spacial score (nSPS) is 15.8. The van der Waals surface area contributed by atoms with Crippen molar-refractivity contribution in [2.24, 2.45) is 0 Å². The maximum atomic E-state index is 6.25. The van der Waals surface area contributed by atoms with Gasteiger partial charge >= 0.3 is 0 Å². The molecule has 24 heavy (non-hydrogen) atoms. The summed E-state index contributed by atoms with van der Waals surface area (Å²) in [6.45, 7) is 1.82. The summed E-state index contributed by atoms with van der Waals surface area (Å²) < 4.78 is 7.00. The molecular formula is C16H17ClN6O. The molecule has 0 amide bonds. The van der Waals surface area contributed by atoms with Gasteiger partial charge in [0, 0.05) is 37.5 Å². The molecule has 0 N–H and O–H groups in total. The number of piperidine rings is 1. The summed E-state index contributed by atoms with van der Waals surface area (Å²) in [6.07, 6.45) is 5.40. The lowest BCUT2D eigenvalue weighted by atomic mass is 9.96. The van der Waals surface area contributed by atoms with Crippen molar-refractivity contribution in [2.45, 2.75) is 18.8 Å². The minimum Gasteiger partial charge on any atom is -0.480 e. The van der Waals surface area contributed by atoms with Crippen molar-refractivity contribution in [3.05, 3.63) is 41.4 Å². The van der Waals surface area contributed by atoms with Crippen molar-refractivity contribution in [2.75, 3.05) is 25.1 Å². The first-order valence-corrected chi connectivity index (χ1v) is 8.25. The zero-order valence-corrected chi connectivity index (χ0v) is 14.0. The maximum absolute atomic E-state index is 6.25. The number of pyridine rings is 1. The Labute approximate surface area is 144 Å². The molecule has 0 spiro atoms. The van der Waals surface area contributed by atoms with Gasteiger partial charge in [0.1, 0.15) is 0 Å². The van der Waals surface area contributed by atoms with E-state index in [0.29, 0.717) is 16.8 Å². The van der Waals surface area contributed by atoms with Crippen molar-refractivity contribution >= 4 is 22.9 Å². The SMILES string of the molecule is COc1ccc2nnc(C3CCN(c4ccncc4Cl)CC3)n2n1. The zero-order chi connectivity index (χ0) is 16.5. The van der Waals surface area contributed by atoms with Crippen molar-refractivity contribution in [1.29, 1.82) is 0 Å². The monoisotopic (exact) mass is 344 g/mol. The molecule has 0 aromatic carbocycles. The minimum atomic E-state index is 0.316. The molecule has 0 unspecified atom stereocenters. The van der Waals surface area contributed by atoms with Gasteiger partial charge in [0.05, 0.1) is 17.8 Å². The Bertz CT molecular complexity index is 859. The van der Waals surface area contributed by atoms with Gasteiger partial charge in [0.15, 0.2) is 11.5 Å². The van der Waals surface area contributed by atoms with Crippen LogP contribution in [0.25, 0.3) is 5.65 Å². The Morgan fingerprint density at radius 3 is 2.75 bits per heavy atom. The van der Waals surface area contributed by atoms with Crippen LogP contribution in [0.4, 0.5) is 5.69 Å². The highest BCUT2D eigenvalue weighted by molar-refractivity contribution is 6.33. The standard InChI is InChI=1S/C16H17ClN6O/c1-24-15-3-2-14-19-20-16(23(14)21-15)11-5-8-22(9-6-11)13-4-7-18-10-12(13)17/h2-4,7,10-11H,5-6,8-9H2,1H3. The van der Waals surface area contributed by atoms with Crippen LogP contribution in [0.3, 0.4) is 0 Å². The van der Waals surface area contributed by atoms with Crippen LogP contribution in [-0.2, 0) is 0 Å². The second kappa shape index (κ2) is 6.24. The van der Waals surface area contributed by atoms with Crippen molar-refractivity contribution in [3.8, 4) is 5.88 Å². The topological polar surface area (TPSA) is 68.4 Å². The number of methoxy groups -OCH3 is 1. The molecule has 0 bridgehead atoms. The second-order valence-corrected chi connectivity index (χ2v) is 6.20. The Kier molecular flexibility index (Phi) is 3.93. The Morgan fingerprint density at radius 2 is 2.00 bits per heavy atom. The summed E-state index contributed by atoms with van der Waals surface area (Å²) >= 11 is 6.25. The Balaban J connectivity index is 1.55. The molecule has 0 radical (unpaired) electrons. The van der Waals surface area contributed by atoms with E-state index in [1.54, 1.807) is 30.1 Å². The molecule has 3 aromatic heterocycles. The molecule has 1 saturated heterocycles. The molecule has 1 aliphatic rings. The van der Waals surface area contributed by atoms with Crippen LogP contribution in [0.15, 0.2) is 30.6 Å². The number of nitrogens with zero attached hydrogens (tertiary/aromatic N) is 6. The zero-order valence-electron chi connectivity index (χ0n) is 13.3. The molecule has 0 atom stereocenters. The van der Waals surface area contributed by atoms with E-state index in [9.17, 15) is 0 Å². The molecule has 4 heterocycles. The highest BCUT2D eigenvalue weighted by Gasteiger charge is 2.26. The highest BCUT2D eigenvalue weighted by Crippen LogP contribution is 2.32. The lowest BCUT2D eigenvalue weighted by Gasteiger charge is -2.33. The van der Waals surface area contributed by atoms with Crippen LogP contribution in [0.1, 0.15) is 24.6 Å². The van der Waals surface area contributed by atoms with E-state index in [1.807, 2.05) is 12.1 Å². The molecule has 0 aliphatic carbocycles. The van der Waals surface area contributed by atoms with Gasteiger partial charge in [-0.15, -0.1) is 15.3 Å². The fourth-order valence-corrected chi connectivity index (χ4v) is 3.39. The molecule has 1 aliphatic heterocycles. The largest absolute Gasteiger partial charge is 0.480 e. The smallest absolute Gasteiger partial charge is 0.231 e. The van der Waals surface area contributed by atoms with Crippen molar-refractivity contribution < 1.29 is 4.74 Å². The number of anilines is 1. The molecule has 3 aromatic rings. The van der Waals surface area contributed by atoms with Gasteiger partial charge in [-0.1, -0.05) is 11.6 Å². The first-order valence-electron chi connectivity index (χ1n) is 7.87. The van der Waals surface area contributed by atoms with Gasteiger partial charge in [-0.3, -0.25) is 4.98 Å². The van der Waals surface area contributed by atoms with E-state index in [-0.39, 0.29) is 0 Å². The Morgan fingerprint density at radius 1 is 1.17 bits per heavy atom. The van der Waals surface area contributed by atoms with Gasteiger partial charge in [-0.2, -0.15) is 4.52 Å². The van der Waals surface area contributed by atoms with Crippen molar-refractivity contribution in [3.63, 3.8) is 0 Å². The third-order valence-electron chi connectivity index (χ3n) is 4.42. The van der Waals surface area contributed by atoms with Gasteiger partial charge in [-0.05, 0) is 25.0 Å². The predicted octanol–water partition coefficient (Wildman–Crippen LogP) is 2.57. The molecule has 7 nitrogen and oxygen atoms in total. The number of hydrogen-bond donors (Lipinski definition) is 0. The summed E-state index contributed by atoms with van der Waals surface area (Å²) in [4.78, 5) is 6.33. The summed E-state index contributed by atoms with van der Waals surface area (Å²) in [6, 6.07) is 5.62. The van der Waals surface area contributed by atoms with E-state index in [2.05, 4.69) is 25.2 Å². The number of rotatable bonds is 3. The fourth-order valence-electron chi connectivity index (χ4n) is 3.16. The second-order valence-electron chi connectivity index (χ2n) is 5.79. The van der Waals surface area contributed by atoms with E-state index < -0.39 is 0 Å². The molecule has 8 heteroatoms. The first kappa shape index (κ1) is 15.1. The number of halogens is 1. The van der Waals surface area contributed by atoms with Crippen LogP contribution < -0.4 is 9.64 Å². The summed E-state index contributed by atoms with van der Waals surface area (Å²) in [5.74, 6) is 1.77. The van der Waals surface area contributed by atoms with E-state index in [1.165, 1.54) is 0 Å². The molecule has 0 saturated carbocycles. The van der Waals surface area contributed by atoms with Crippen LogP contribution >= 0.6 is 11.6 Å². The van der Waals surface area contributed by atoms with Crippen LogP contribution in [0.2, 0.25) is 5.02 Å². The molecular weight excluding hydrogens is 328 g/mol. The average molecular weight is 345 g/mol. The molecule has 4 rings (SSSR count). The quantitative estimate of drug-likeness (QED) is 0.727. The third kappa shape index (κ3) is 2.65. The number of ether oxygens (including phenoxy) is 1. The maximum Gasteiger partial charge on any atom is 0.231 e. The number of aromatic nitrogens is 5. The fraction of sp³-hybridized carbons (Fsp3) is 0.375. The third-order valence-corrected chi connectivity index (χ3v) is 4.71. The molecule has 124 valence electrons. The average Bonchev–Trinajstić information content (AvgIpc) is 3.05. The lowest BCUT2D eigenvalue weighted by Crippen LogP contribution is -2.33. The molecule has 1 fully saturated rings. The number of fused-ring (bicyclic) bond motifs is 1. The van der Waals surface area contributed by atoms with Gasteiger partial charge < -0.3 is 9.64 Å². The predicted molar refractivity (Wildman–Crippen MR) is 90.8 cm³/mol. The van der Waals surface area contributed by atoms with Gasteiger partial charge in [-0.25, -0.2) is 0 Å². The van der Waals surface area contributed by atoms with Crippen LogP contribution in [0, 0.1) is 0 Å². The minimum absolute atomic E-state index is 0.316. The lowest BCUT2D eigenvalue weighted by molar-refractivity contribution is 0.387. The summed E-state index contributed by atoms with van der Waals surface area (Å²) in [5, 5.41) is 13.7. The van der Waals surface area contributed by atoms with Crippen LogP contribution in [0.5, 0.6) is 5.88 Å². The Hall–Kier alpha value is -2.41. The summed E-state index contributed by atoms with van der Waals surface area (Å²) in [5.41, 5.74) is 1.78.